The van der Waals surface area contributed by atoms with E-state index < -0.39 is 28.6 Å². The van der Waals surface area contributed by atoms with Gasteiger partial charge in [0, 0.05) is 24.3 Å². The first kappa shape index (κ1) is 46.6. The number of hydrogen-bond acceptors (Lipinski definition) is 9. The first-order chi connectivity index (χ1) is 23.2. The van der Waals surface area contributed by atoms with Gasteiger partial charge in [-0.15, -0.1) is 13.2 Å². The number of carbonyl (C=O) groups is 4. The van der Waals surface area contributed by atoms with Crippen LogP contribution in [-0.4, -0.2) is 67.3 Å². The van der Waals surface area contributed by atoms with Gasteiger partial charge in [0.2, 0.25) is 0 Å². The Morgan fingerprint density at radius 3 is 1.67 bits per heavy atom. The molecule has 2 saturated heterocycles. The van der Waals surface area contributed by atoms with E-state index in [4.69, 9.17) is 18.9 Å². The van der Waals surface area contributed by atoms with Crippen molar-refractivity contribution in [2.45, 2.75) is 99.4 Å². The highest BCUT2D eigenvalue weighted by molar-refractivity contribution is 5.87. The third-order valence-electron chi connectivity index (χ3n) is 10.0. The summed E-state index contributed by atoms with van der Waals surface area (Å²) < 4.78 is 20.1. The summed E-state index contributed by atoms with van der Waals surface area (Å²) >= 11 is 0. The third kappa shape index (κ3) is 11.3. The summed E-state index contributed by atoms with van der Waals surface area (Å²) in [7, 11) is 2.77. The van der Waals surface area contributed by atoms with Gasteiger partial charge in [-0.3, -0.25) is 14.5 Å². The quantitative estimate of drug-likeness (QED) is 0.148. The highest BCUT2D eigenvalue weighted by atomic mass is 16.6. The Bertz CT molecular complexity index is 1420. The van der Waals surface area contributed by atoms with Crippen molar-refractivity contribution in [2.24, 2.45) is 10.8 Å². The van der Waals surface area contributed by atoms with Gasteiger partial charge in [0.25, 0.3) is 0 Å². The zero-order valence-electron chi connectivity index (χ0n) is 30.2. The fraction of sp³-hybridized carbons (Fsp3) is 0.512. The van der Waals surface area contributed by atoms with Gasteiger partial charge in [-0.25, -0.2) is 9.59 Å². The van der Waals surface area contributed by atoms with E-state index >= 15 is 0 Å². The van der Waals surface area contributed by atoms with E-state index in [9.17, 15) is 19.2 Å². The number of rotatable bonds is 10. The van der Waals surface area contributed by atoms with E-state index in [1.165, 1.54) is 26.0 Å². The molecular weight excluding hydrogens is 648 g/mol. The Kier molecular flexibility index (Phi) is 19.2. The van der Waals surface area contributed by atoms with Crippen molar-refractivity contribution in [2.75, 3.05) is 27.3 Å². The highest BCUT2D eigenvalue weighted by Gasteiger charge is 2.60. The molecule has 0 aromatic heterocycles. The molecule has 0 aliphatic carbocycles. The minimum Gasteiger partial charge on any atom is -0.468 e. The van der Waals surface area contributed by atoms with Crippen LogP contribution < -0.4 is 5.32 Å². The van der Waals surface area contributed by atoms with Crippen LogP contribution in [0.3, 0.4) is 0 Å². The van der Waals surface area contributed by atoms with Crippen LogP contribution in [0.2, 0.25) is 0 Å². The molecule has 1 amide bonds. The number of allylic oxidation sites excluding steroid dienone is 2. The maximum absolute atomic E-state index is 12.6. The molecule has 10 heteroatoms. The zero-order valence-corrected chi connectivity index (χ0v) is 30.2. The van der Waals surface area contributed by atoms with E-state index in [1.807, 2.05) is 80.6 Å². The number of ether oxygens (including phenoxy) is 4. The predicted molar refractivity (Wildman–Crippen MR) is 203 cm³/mol. The fourth-order valence-electron chi connectivity index (χ4n) is 6.36. The van der Waals surface area contributed by atoms with Crippen LogP contribution in [0.5, 0.6) is 0 Å². The number of hydrogen-bond donors (Lipinski definition) is 1. The molecule has 0 saturated carbocycles. The number of esters is 3. The van der Waals surface area contributed by atoms with Crippen LogP contribution in [0.25, 0.3) is 0 Å². The van der Waals surface area contributed by atoms with Crippen LogP contribution >= 0.6 is 0 Å². The molecule has 2 aromatic carbocycles. The van der Waals surface area contributed by atoms with Crippen LogP contribution in [-0.2, 0) is 46.5 Å². The Morgan fingerprint density at radius 1 is 0.745 bits per heavy atom. The maximum atomic E-state index is 12.6. The lowest BCUT2D eigenvalue weighted by atomic mass is 9.70. The van der Waals surface area contributed by atoms with E-state index in [-0.39, 0.29) is 38.8 Å². The van der Waals surface area contributed by atoms with Gasteiger partial charge in [0.1, 0.15) is 24.3 Å². The van der Waals surface area contributed by atoms with Crippen molar-refractivity contribution in [3.05, 3.63) is 97.1 Å². The van der Waals surface area contributed by atoms with Crippen molar-refractivity contribution in [3.8, 4) is 0 Å². The van der Waals surface area contributed by atoms with Crippen molar-refractivity contribution in [1.29, 1.82) is 0 Å². The average molecular weight is 711 g/mol. The molecule has 4 atom stereocenters. The first-order valence-electron chi connectivity index (χ1n) is 16.5. The molecule has 284 valence electrons. The van der Waals surface area contributed by atoms with Crippen LogP contribution in [0, 0.1) is 10.8 Å². The van der Waals surface area contributed by atoms with Crippen LogP contribution in [0.4, 0.5) is 4.79 Å². The highest BCUT2D eigenvalue weighted by Crippen LogP contribution is 2.49. The van der Waals surface area contributed by atoms with Gasteiger partial charge in [0.05, 0.1) is 14.2 Å². The van der Waals surface area contributed by atoms with E-state index in [0.717, 1.165) is 30.5 Å². The number of methoxy groups -OCH3 is 2. The minimum absolute atomic E-state index is 0. The lowest BCUT2D eigenvalue weighted by Gasteiger charge is -2.42. The summed E-state index contributed by atoms with van der Waals surface area (Å²) in [6.45, 7) is 18.5. The smallest absolute Gasteiger partial charge is 0.411 e. The fourth-order valence-corrected chi connectivity index (χ4v) is 6.36. The van der Waals surface area contributed by atoms with Crippen molar-refractivity contribution >= 4 is 24.0 Å². The Hall–Kier alpha value is -4.44. The second-order valence-corrected chi connectivity index (χ2v) is 13.2. The van der Waals surface area contributed by atoms with Crippen molar-refractivity contribution in [1.82, 2.24) is 10.2 Å². The maximum Gasteiger partial charge on any atom is 0.411 e. The van der Waals surface area contributed by atoms with Gasteiger partial charge in [-0.05, 0) is 57.2 Å². The molecule has 1 N–H and O–H groups in total. The summed E-state index contributed by atoms with van der Waals surface area (Å²) in [6, 6.07) is 19.1. The zero-order chi connectivity index (χ0) is 36.7. The van der Waals surface area contributed by atoms with Crippen molar-refractivity contribution in [3.63, 3.8) is 0 Å². The van der Waals surface area contributed by atoms with Crippen molar-refractivity contribution < 1.29 is 38.1 Å². The molecular formula is C41H62N2O8. The SMILES string of the molecule is C.C.C=CC[C@]1(C)CCN(C(=O)OCc2ccccc2)[C@]1(C)C(=O)OC.C=CC[C@]1(C)CCNC1(C)C(=O)OC.CC(=O)OCc1ccccc1. The molecule has 2 aliphatic rings. The molecule has 51 heavy (non-hydrogen) atoms. The van der Waals surface area contributed by atoms with Gasteiger partial charge in [-0.2, -0.15) is 0 Å². The number of amides is 1. The van der Waals surface area contributed by atoms with Crippen LogP contribution in [0.15, 0.2) is 86.0 Å². The normalized spacial score (nSPS) is 24.3. The first-order valence-corrected chi connectivity index (χ1v) is 16.5. The van der Waals surface area contributed by atoms with E-state index in [1.54, 1.807) is 13.0 Å². The number of nitrogens with zero attached hydrogens (tertiary/aromatic N) is 1. The Labute approximate surface area is 306 Å². The molecule has 0 radical (unpaired) electrons. The molecule has 2 aliphatic heterocycles. The molecule has 10 nitrogen and oxygen atoms in total. The van der Waals surface area contributed by atoms with Gasteiger partial charge >= 0.3 is 24.0 Å². The topological polar surface area (TPSA) is 120 Å². The third-order valence-corrected chi connectivity index (χ3v) is 10.0. The van der Waals surface area contributed by atoms with Crippen LogP contribution in [0.1, 0.15) is 86.3 Å². The van der Waals surface area contributed by atoms with E-state index in [2.05, 4.69) is 25.4 Å². The molecule has 2 heterocycles. The standard InChI is InChI=1S/C19H25NO4.C11H19NO2.C9H10O2.2CH4/c1-5-11-18(2)12-13-20(19(18,3)16(21)23-4)17(22)24-14-15-9-7-6-8-10-15;1-5-6-10(2)7-8-12-11(10,3)9(13)14-4;1-8(10)11-7-9-5-3-2-4-6-9;;/h5-10H,1,11-14H2,2-4H3;5,12H,1,6-8H2,2-4H3;2-6H,7H2,1H3;2*1H4/t18-,19-;10-,11?;;;/m11.../s1. The minimum atomic E-state index is -1.08. The number of benzene rings is 2. The summed E-state index contributed by atoms with van der Waals surface area (Å²) in [6.07, 6.45) is 6.25. The monoisotopic (exact) mass is 710 g/mol. The second-order valence-electron chi connectivity index (χ2n) is 13.2. The predicted octanol–water partition coefficient (Wildman–Crippen LogP) is 8.06. The lowest BCUT2D eigenvalue weighted by molar-refractivity contribution is -0.157. The second kappa shape index (κ2) is 21.0. The Morgan fingerprint density at radius 2 is 1.22 bits per heavy atom. The summed E-state index contributed by atoms with van der Waals surface area (Å²) in [5.41, 5.74) is -0.254. The molecule has 2 fully saturated rings. The molecule has 0 spiro atoms. The van der Waals surface area contributed by atoms with E-state index in [0.29, 0.717) is 26.0 Å². The van der Waals surface area contributed by atoms with Gasteiger partial charge in [-0.1, -0.05) is 102 Å². The molecule has 1 unspecified atom stereocenters. The van der Waals surface area contributed by atoms with Gasteiger partial charge in [0.15, 0.2) is 0 Å². The largest absolute Gasteiger partial charge is 0.468 e. The van der Waals surface area contributed by atoms with Gasteiger partial charge < -0.3 is 24.3 Å². The number of likely N-dealkylation sites (tertiary alicyclic amines) is 1. The number of nitrogens with one attached hydrogen (secondary N) is 1. The number of carbonyl (C=O) groups excluding carboxylic acids is 4. The average Bonchev–Trinajstić information content (AvgIpc) is 3.55. The summed E-state index contributed by atoms with van der Waals surface area (Å²) in [4.78, 5) is 48.7. The lowest BCUT2D eigenvalue weighted by Crippen LogP contribution is -2.58. The molecule has 0 bridgehead atoms. The summed E-state index contributed by atoms with van der Waals surface area (Å²) in [5, 5.41) is 3.24. The molecule has 2 aromatic rings. The Balaban J connectivity index is 0.000000790. The molecule has 4 rings (SSSR count). The summed E-state index contributed by atoms with van der Waals surface area (Å²) in [5.74, 6) is -0.853.